The summed E-state index contributed by atoms with van der Waals surface area (Å²) in [5.74, 6) is -2.35. The van der Waals surface area contributed by atoms with Gasteiger partial charge in [0.1, 0.15) is 0 Å². The van der Waals surface area contributed by atoms with Crippen molar-refractivity contribution in [3.8, 4) is 0 Å². The summed E-state index contributed by atoms with van der Waals surface area (Å²) >= 11 is 0. The molecule has 3 aromatic rings. The van der Waals surface area contributed by atoms with Crippen LogP contribution in [0.15, 0.2) is 48.7 Å². The molecule has 1 saturated carbocycles. The average Bonchev–Trinajstić information content (AvgIpc) is 3.33. The molecule has 0 saturated heterocycles. The summed E-state index contributed by atoms with van der Waals surface area (Å²) in [4.78, 5) is 12.3. The maximum absolute atomic E-state index is 13.3. The molecule has 4 rings (SSSR count). The molecule has 1 amide bonds. The maximum atomic E-state index is 13.3. The fourth-order valence-corrected chi connectivity index (χ4v) is 3.45. The smallest absolute Gasteiger partial charge is 0.251 e. The third-order valence-corrected chi connectivity index (χ3v) is 5.09. The number of para-hydroxylation sites is 1. The highest BCUT2D eigenvalue weighted by molar-refractivity contribution is 5.94. The molecule has 128 valence electrons. The van der Waals surface area contributed by atoms with E-state index in [-0.39, 0.29) is 16.9 Å². The van der Waals surface area contributed by atoms with Gasteiger partial charge in [-0.1, -0.05) is 18.2 Å². The largest absolute Gasteiger partial charge is 0.351 e. The van der Waals surface area contributed by atoms with Gasteiger partial charge in [-0.25, -0.2) is 8.78 Å². The molecule has 5 heteroatoms. The number of amides is 1. The third-order valence-electron chi connectivity index (χ3n) is 5.09. The van der Waals surface area contributed by atoms with E-state index in [0.717, 1.165) is 30.5 Å². The van der Waals surface area contributed by atoms with Crippen molar-refractivity contribution in [2.24, 2.45) is 7.05 Å². The molecule has 0 spiro atoms. The predicted molar refractivity (Wildman–Crippen MR) is 92.5 cm³/mol. The predicted octanol–water partition coefficient (Wildman–Crippen LogP) is 3.92. The van der Waals surface area contributed by atoms with Crippen LogP contribution in [0.2, 0.25) is 0 Å². The van der Waals surface area contributed by atoms with Crippen molar-refractivity contribution in [2.75, 3.05) is 6.54 Å². The number of carbonyl (C=O) groups is 1. The van der Waals surface area contributed by atoms with Gasteiger partial charge in [-0.3, -0.25) is 4.79 Å². The molecule has 0 aliphatic heterocycles. The van der Waals surface area contributed by atoms with Gasteiger partial charge >= 0.3 is 0 Å². The first-order chi connectivity index (χ1) is 12.0. The van der Waals surface area contributed by atoms with Crippen LogP contribution in [-0.2, 0) is 12.5 Å². The van der Waals surface area contributed by atoms with Crippen molar-refractivity contribution in [3.63, 3.8) is 0 Å². The van der Waals surface area contributed by atoms with Crippen LogP contribution in [0.3, 0.4) is 0 Å². The van der Waals surface area contributed by atoms with Gasteiger partial charge in [0, 0.05) is 41.7 Å². The summed E-state index contributed by atoms with van der Waals surface area (Å²) in [6.45, 7) is 0.485. The number of aryl methyl sites for hydroxylation is 1. The second-order valence-electron chi connectivity index (χ2n) is 6.76. The average molecular weight is 340 g/mol. The van der Waals surface area contributed by atoms with Gasteiger partial charge in [-0.2, -0.15) is 0 Å². The summed E-state index contributed by atoms with van der Waals surface area (Å²) in [6.07, 6.45) is 4.12. The van der Waals surface area contributed by atoms with E-state index in [1.807, 2.05) is 19.2 Å². The van der Waals surface area contributed by atoms with Crippen molar-refractivity contribution < 1.29 is 13.6 Å². The van der Waals surface area contributed by atoms with Crippen molar-refractivity contribution in [2.45, 2.75) is 18.3 Å². The fraction of sp³-hybridized carbons (Fsp3) is 0.250. The molecule has 25 heavy (non-hydrogen) atoms. The zero-order valence-electron chi connectivity index (χ0n) is 13.9. The first-order valence-electron chi connectivity index (χ1n) is 8.28. The molecule has 0 unspecified atom stereocenters. The number of benzene rings is 2. The lowest BCUT2D eigenvalue weighted by Gasteiger charge is -2.16. The van der Waals surface area contributed by atoms with E-state index in [9.17, 15) is 13.6 Å². The van der Waals surface area contributed by atoms with Gasteiger partial charge < -0.3 is 9.88 Å². The molecule has 2 aromatic carbocycles. The van der Waals surface area contributed by atoms with E-state index in [2.05, 4.69) is 28.2 Å². The molecule has 1 fully saturated rings. The fourth-order valence-electron chi connectivity index (χ4n) is 3.45. The molecule has 1 aliphatic carbocycles. The standard InChI is InChI=1S/C20H18F2N2O/c1-24-11-15(14-4-2-3-5-18(14)24)20(8-9-20)12-23-19(25)13-6-7-16(21)17(22)10-13/h2-7,10-11H,8-9,12H2,1H3,(H,23,25). The normalized spacial score (nSPS) is 15.3. The highest BCUT2D eigenvalue weighted by Crippen LogP contribution is 2.50. The molecular formula is C20H18F2N2O. The Morgan fingerprint density at radius 1 is 1.16 bits per heavy atom. The Hall–Kier alpha value is -2.69. The Bertz CT molecular complexity index is 973. The first kappa shape index (κ1) is 15.8. The van der Waals surface area contributed by atoms with Crippen molar-refractivity contribution in [1.82, 2.24) is 9.88 Å². The van der Waals surface area contributed by atoms with Crippen LogP contribution in [0.25, 0.3) is 10.9 Å². The van der Waals surface area contributed by atoms with Crippen LogP contribution in [0, 0.1) is 11.6 Å². The second-order valence-corrected chi connectivity index (χ2v) is 6.76. The van der Waals surface area contributed by atoms with Gasteiger partial charge in [0.15, 0.2) is 11.6 Å². The number of rotatable bonds is 4. The van der Waals surface area contributed by atoms with Gasteiger partial charge in [-0.05, 0) is 42.7 Å². The highest BCUT2D eigenvalue weighted by atomic mass is 19.2. The third kappa shape index (κ3) is 2.69. The SMILES string of the molecule is Cn1cc(C2(CNC(=O)c3ccc(F)c(F)c3)CC2)c2ccccc21. The quantitative estimate of drug-likeness (QED) is 0.767. The second kappa shape index (κ2) is 5.69. The molecule has 1 aliphatic rings. The zero-order valence-corrected chi connectivity index (χ0v) is 13.9. The number of nitrogens with zero attached hydrogens (tertiary/aromatic N) is 1. The van der Waals surface area contributed by atoms with Crippen LogP contribution in [0.1, 0.15) is 28.8 Å². The number of carbonyl (C=O) groups excluding carboxylic acids is 1. The minimum Gasteiger partial charge on any atom is -0.351 e. The van der Waals surface area contributed by atoms with Crippen LogP contribution in [-0.4, -0.2) is 17.0 Å². The Kier molecular flexibility index (Phi) is 3.60. The minimum atomic E-state index is -1.01. The van der Waals surface area contributed by atoms with Gasteiger partial charge in [0.05, 0.1) is 0 Å². The van der Waals surface area contributed by atoms with E-state index in [1.165, 1.54) is 17.0 Å². The van der Waals surface area contributed by atoms with E-state index in [0.29, 0.717) is 6.54 Å². The molecule has 0 atom stereocenters. The van der Waals surface area contributed by atoms with Gasteiger partial charge in [0.25, 0.3) is 5.91 Å². The Balaban J connectivity index is 1.56. The van der Waals surface area contributed by atoms with E-state index < -0.39 is 11.6 Å². The van der Waals surface area contributed by atoms with Gasteiger partial charge in [-0.15, -0.1) is 0 Å². The molecule has 0 radical (unpaired) electrons. The van der Waals surface area contributed by atoms with Crippen LogP contribution in [0.4, 0.5) is 8.78 Å². The molecule has 1 heterocycles. The lowest BCUT2D eigenvalue weighted by molar-refractivity contribution is 0.0949. The van der Waals surface area contributed by atoms with Crippen molar-refractivity contribution in [1.29, 1.82) is 0 Å². The molecule has 1 N–H and O–H groups in total. The Morgan fingerprint density at radius 2 is 1.92 bits per heavy atom. The Morgan fingerprint density at radius 3 is 2.64 bits per heavy atom. The number of halogens is 2. The molecule has 0 bridgehead atoms. The van der Waals surface area contributed by atoms with Crippen molar-refractivity contribution >= 4 is 16.8 Å². The molecule has 1 aromatic heterocycles. The number of aromatic nitrogens is 1. The van der Waals surface area contributed by atoms with E-state index in [4.69, 9.17) is 0 Å². The zero-order chi connectivity index (χ0) is 17.6. The molecular weight excluding hydrogens is 322 g/mol. The molecule has 3 nitrogen and oxygen atoms in total. The first-order valence-corrected chi connectivity index (χ1v) is 8.28. The number of hydrogen-bond donors (Lipinski definition) is 1. The summed E-state index contributed by atoms with van der Waals surface area (Å²) < 4.78 is 28.4. The Labute approximate surface area is 144 Å². The monoisotopic (exact) mass is 340 g/mol. The highest BCUT2D eigenvalue weighted by Gasteiger charge is 2.46. The van der Waals surface area contributed by atoms with Gasteiger partial charge in [0.2, 0.25) is 0 Å². The van der Waals surface area contributed by atoms with E-state index >= 15 is 0 Å². The number of hydrogen-bond acceptors (Lipinski definition) is 1. The summed E-state index contributed by atoms with van der Waals surface area (Å²) in [6, 6.07) is 11.4. The van der Waals surface area contributed by atoms with Crippen LogP contribution >= 0.6 is 0 Å². The van der Waals surface area contributed by atoms with Crippen LogP contribution < -0.4 is 5.32 Å². The summed E-state index contributed by atoms with van der Waals surface area (Å²) in [7, 11) is 2.02. The number of fused-ring (bicyclic) bond motifs is 1. The van der Waals surface area contributed by atoms with E-state index in [1.54, 1.807) is 0 Å². The maximum Gasteiger partial charge on any atom is 0.251 e. The lowest BCUT2D eigenvalue weighted by atomic mass is 9.95. The van der Waals surface area contributed by atoms with Crippen molar-refractivity contribution in [3.05, 3.63) is 71.4 Å². The lowest BCUT2D eigenvalue weighted by Crippen LogP contribution is -2.32. The minimum absolute atomic E-state index is 0.0743. The van der Waals surface area contributed by atoms with Crippen LogP contribution in [0.5, 0.6) is 0 Å². The topological polar surface area (TPSA) is 34.0 Å². The summed E-state index contributed by atoms with van der Waals surface area (Å²) in [5.41, 5.74) is 2.45. The summed E-state index contributed by atoms with van der Waals surface area (Å²) in [5, 5.41) is 4.08. The number of nitrogens with one attached hydrogen (secondary N) is 1.